The molecule has 0 radical (unpaired) electrons. The minimum Gasteiger partial charge on any atom is -0.743 e. The lowest BCUT2D eigenvalue weighted by Gasteiger charge is -2.39. The number of hydrogen-bond donors (Lipinski definition) is 0. The Labute approximate surface area is 234 Å². The number of aromatic nitrogens is 2. The van der Waals surface area contributed by atoms with E-state index in [9.17, 15) is 110 Å². The minimum atomic E-state index is -7.86. The molecule has 0 aliphatic heterocycles. The van der Waals surface area contributed by atoms with Gasteiger partial charge in [0.1, 0.15) is 12.4 Å². The number of alkyl halides is 22. The Morgan fingerprint density at radius 1 is 0.622 bits per heavy atom. The molecular formula is C17H12F22N2O3S. The van der Waals surface area contributed by atoms with Gasteiger partial charge in [-0.1, -0.05) is 0 Å². The highest BCUT2D eigenvalue weighted by atomic mass is 32.2. The largest absolute Gasteiger partial charge is 0.743 e. The lowest BCUT2D eigenvalue weighted by molar-refractivity contribution is -0.677. The van der Waals surface area contributed by atoms with Crippen LogP contribution in [0.4, 0.5) is 96.6 Å². The Morgan fingerprint density at radius 3 is 1.24 bits per heavy atom. The molecule has 1 aromatic heterocycles. The summed E-state index contributed by atoms with van der Waals surface area (Å²) < 4.78 is 306. The first-order chi connectivity index (χ1) is 19.1. The molecule has 0 aliphatic carbocycles. The first-order valence-corrected chi connectivity index (χ1v) is 11.7. The Hall–Kier alpha value is -2.42. The smallest absolute Gasteiger partial charge is 0.460 e. The zero-order chi connectivity index (χ0) is 37.1. The van der Waals surface area contributed by atoms with E-state index in [2.05, 4.69) is 0 Å². The second-order valence-electron chi connectivity index (χ2n) is 8.52. The summed E-state index contributed by atoms with van der Waals surface area (Å²) in [6.07, 6.45) is -14.5. The van der Waals surface area contributed by atoms with Crippen LogP contribution in [0.15, 0.2) is 12.4 Å². The molecule has 268 valence electrons. The van der Waals surface area contributed by atoms with Gasteiger partial charge in [0.15, 0.2) is 10.1 Å². The van der Waals surface area contributed by atoms with Gasteiger partial charge in [-0.05, 0) is 0 Å². The summed E-state index contributed by atoms with van der Waals surface area (Å²) in [7, 11) is -6.04. The SMILES string of the molecule is Cc1n(CCC(F)(F)C(F)(F)C(F)(F)C(F)(F)C(F)(F)C(F)(F)F)cc[n+]1C.O=S(=O)([O-])C(F)(F)C(F)(F)C(F)(F)C(F)(F)F. The lowest BCUT2D eigenvalue weighted by Crippen LogP contribution is -2.70. The summed E-state index contributed by atoms with van der Waals surface area (Å²) in [5.74, 6) is -51.3. The predicted octanol–water partition coefficient (Wildman–Crippen LogP) is 6.71. The Morgan fingerprint density at radius 2 is 0.956 bits per heavy atom. The van der Waals surface area contributed by atoms with Crippen LogP contribution in [0.5, 0.6) is 0 Å². The van der Waals surface area contributed by atoms with Gasteiger partial charge in [-0.2, -0.15) is 96.6 Å². The third-order valence-electron chi connectivity index (χ3n) is 5.49. The molecule has 0 atom stereocenters. The molecule has 1 aromatic rings. The molecule has 0 unspecified atom stereocenters. The molecule has 45 heavy (non-hydrogen) atoms. The van der Waals surface area contributed by atoms with Crippen molar-refractivity contribution in [2.45, 2.75) is 79.0 Å². The molecule has 0 saturated carbocycles. The summed E-state index contributed by atoms with van der Waals surface area (Å²) in [6, 6.07) is 0. The Balaban J connectivity index is 0.000000976. The van der Waals surface area contributed by atoms with Crippen molar-refractivity contribution in [2.24, 2.45) is 7.05 Å². The third-order valence-corrected chi connectivity index (χ3v) is 6.38. The molecule has 0 N–H and O–H groups in total. The van der Waals surface area contributed by atoms with Gasteiger partial charge < -0.3 is 4.55 Å². The van der Waals surface area contributed by atoms with Crippen molar-refractivity contribution < 1.29 is 114 Å². The normalized spacial score (nSPS) is 15.6. The van der Waals surface area contributed by atoms with Crippen molar-refractivity contribution >= 4 is 10.1 Å². The van der Waals surface area contributed by atoms with E-state index in [1.54, 1.807) is 0 Å². The maximum Gasteiger partial charge on any atom is 0.460 e. The number of imidazole rings is 1. The van der Waals surface area contributed by atoms with Crippen LogP contribution in [0.3, 0.4) is 0 Å². The molecule has 5 nitrogen and oxygen atoms in total. The predicted molar refractivity (Wildman–Crippen MR) is 96.3 cm³/mol. The molecule has 0 aliphatic rings. The van der Waals surface area contributed by atoms with Gasteiger partial charge in [0, 0.05) is 6.92 Å². The topological polar surface area (TPSA) is 66.0 Å². The second kappa shape index (κ2) is 11.7. The zero-order valence-electron chi connectivity index (χ0n) is 20.9. The molecule has 0 bridgehead atoms. The van der Waals surface area contributed by atoms with Crippen molar-refractivity contribution in [1.82, 2.24) is 4.57 Å². The van der Waals surface area contributed by atoms with E-state index in [4.69, 9.17) is 0 Å². The summed E-state index contributed by atoms with van der Waals surface area (Å²) in [5.41, 5.74) is 0. The first kappa shape index (κ1) is 42.6. The van der Waals surface area contributed by atoms with Gasteiger partial charge in [0.05, 0.1) is 20.0 Å². The van der Waals surface area contributed by atoms with Gasteiger partial charge in [-0.15, -0.1) is 0 Å². The van der Waals surface area contributed by atoms with E-state index in [0.29, 0.717) is 0 Å². The van der Waals surface area contributed by atoms with Crippen molar-refractivity contribution in [3.8, 4) is 0 Å². The van der Waals surface area contributed by atoms with E-state index in [-0.39, 0.29) is 5.82 Å². The molecule has 1 heterocycles. The quantitative estimate of drug-likeness (QED) is 0.152. The minimum absolute atomic E-state index is 0.139. The maximum absolute atomic E-state index is 13.6. The monoisotopic (exact) mass is 742 g/mol. The Bertz CT molecular complexity index is 1290. The maximum atomic E-state index is 13.6. The molecule has 0 spiro atoms. The van der Waals surface area contributed by atoms with Gasteiger partial charge in [0.2, 0.25) is 0 Å². The zero-order valence-corrected chi connectivity index (χ0v) is 21.7. The first-order valence-electron chi connectivity index (χ1n) is 10.3. The molecule has 0 fully saturated rings. The number of nitrogens with zero attached hydrogens (tertiary/aromatic N) is 2. The van der Waals surface area contributed by atoms with Crippen molar-refractivity contribution in [2.75, 3.05) is 0 Å². The molecule has 0 amide bonds. The van der Waals surface area contributed by atoms with Crippen LogP contribution in [0.1, 0.15) is 12.2 Å². The van der Waals surface area contributed by atoms with E-state index < -0.39 is 82.1 Å². The fourth-order valence-corrected chi connectivity index (χ4v) is 3.01. The number of halogens is 22. The van der Waals surface area contributed by atoms with Gasteiger partial charge in [-0.25, -0.2) is 17.6 Å². The summed E-state index contributed by atoms with van der Waals surface area (Å²) >= 11 is 0. The Kier molecular flexibility index (Phi) is 11.0. The van der Waals surface area contributed by atoms with Crippen LogP contribution < -0.4 is 4.57 Å². The highest BCUT2D eigenvalue weighted by Gasteiger charge is 2.90. The lowest BCUT2D eigenvalue weighted by atomic mass is 9.92. The summed E-state index contributed by atoms with van der Waals surface area (Å²) in [6.45, 7) is 0.134. The fraction of sp³-hybridized carbons (Fsp3) is 0.824. The standard InChI is InChI=1S/C13H12F13N2.C4HF9O3S/c1-7-27(2)5-6-28(7)4-3-8(14,15)9(16,17)10(18,19)11(20,21)12(22,23)13(24,25)26;5-1(6,3(9,10)11)2(7,8)4(12,13)17(14,15)16/h5-6H,3-4H2,1-2H3;(H,14,15,16)/q+1;/p-1. The van der Waals surface area contributed by atoms with E-state index in [1.807, 2.05) is 0 Å². The van der Waals surface area contributed by atoms with Crippen molar-refractivity contribution in [3.63, 3.8) is 0 Å². The van der Waals surface area contributed by atoms with Crippen LogP contribution in [0.2, 0.25) is 0 Å². The fourth-order valence-electron chi connectivity index (χ4n) is 2.57. The van der Waals surface area contributed by atoms with Gasteiger partial charge in [-0.3, -0.25) is 0 Å². The van der Waals surface area contributed by atoms with Gasteiger partial charge >= 0.3 is 59.1 Å². The van der Waals surface area contributed by atoms with Crippen LogP contribution in [-0.2, 0) is 23.7 Å². The highest BCUT2D eigenvalue weighted by Crippen LogP contribution is 2.61. The average Bonchev–Trinajstić information content (AvgIpc) is 3.12. The molecule has 1 rings (SSSR count). The van der Waals surface area contributed by atoms with Gasteiger partial charge in [0.25, 0.3) is 5.82 Å². The number of hydrogen-bond acceptors (Lipinski definition) is 3. The average molecular weight is 742 g/mol. The van der Waals surface area contributed by atoms with Crippen molar-refractivity contribution in [1.29, 1.82) is 0 Å². The van der Waals surface area contributed by atoms with Crippen LogP contribution in [0.25, 0.3) is 0 Å². The highest BCUT2D eigenvalue weighted by molar-refractivity contribution is 7.86. The number of rotatable bonds is 10. The molecule has 0 aromatic carbocycles. The number of aryl methyl sites for hydroxylation is 2. The molecule has 0 saturated heterocycles. The molecular weight excluding hydrogens is 730 g/mol. The van der Waals surface area contributed by atoms with Crippen LogP contribution in [-0.4, -0.2) is 76.6 Å². The van der Waals surface area contributed by atoms with Crippen LogP contribution >= 0.6 is 0 Å². The van der Waals surface area contributed by atoms with E-state index in [0.717, 1.165) is 10.8 Å². The van der Waals surface area contributed by atoms with Crippen molar-refractivity contribution in [3.05, 3.63) is 18.2 Å². The second-order valence-corrected chi connectivity index (χ2v) is 9.94. The summed E-state index contributed by atoms with van der Waals surface area (Å²) in [5, 5.41) is -7.11. The summed E-state index contributed by atoms with van der Waals surface area (Å²) in [4.78, 5) is 0. The van der Waals surface area contributed by atoms with E-state index >= 15 is 0 Å². The third kappa shape index (κ3) is 6.84. The van der Waals surface area contributed by atoms with Crippen LogP contribution in [0, 0.1) is 6.92 Å². The molecule has 28 heteroatoms. The van der Waals surface area contributed by atoms with E-state index in [1.165, 1.54) is 24.7 Å².